The molecule has 0 atom stereocenters. The van der Waals surface area contributed by atoms with Gasteiger partial charge in [0, 0.05) is 11.8 Å². The molecule has 1 aliphatic rings. The third kappa shape index (κ3) is 4.89. The molecular formula is C18H15ClN2O6. The second-order valence-corrected chi connectivity index (χ2v) is 5.82. The molecule has 0 radical (unpaired) electrons. The van der Waals surface area contributed by atoms with Crippen LogP contribution in [0.1, 0.15) is 10.4 Å². The second kappa shape index (κ2) is 8.41. The molecule has 0 aromatic heterocycles. The summed E-state index contributed by atoms with van der Waals surface area (Å²) in [4.78, 5) is 35.5. The summed E-state index contributed by atoms with van der Waals surface area (Å²) in [6, 6.07) is 10.3. The fourth-order valence-electron chi connectivity index (χ4n) is 2.28. The summed E-state index contributed by atoms with van der Waals surface area (Å²) in [6.45, 7) is 0.248. The standard InChI is InChI=1S/C18H15ClN2O6/c19-13-4-2-1-3-12(13)17(23)27-10-16(22)21-18(24)20-11-5-6-14-15(9-11)26-8-7-25-14/h1-6,9H,7-8,10H2,(H2,20,21,22,24). The van der Waals surface area contributed by atoms with E-state index in [-0.39, 0.29) is 10.6 Å². The highest BCUT2D eigenvalue weighted by atomic mass is 35.5. The molecule has 3 amide bonds. The van der Waals surface area contributed by atoms with Crippen LogP contribution in [0.15, 0.2) is 42.5 Å². The van der Waals surface area contributed by atoms with Crippen LogP contribution in [0.25, 0.3) is 0 Å². The second-order valence-electron chi connectivity index (χ2n) is 5.42. The van der Waals surface area contributed by atoms with Gasteiger partial charge in [0.25, 0.3) is 5.91 Å². The van der Waals surface area contributed by atoms with Crippen LogP contribution in [0.2, 0.25) is 5.02 Å². The van der Waals surface area contributed by atoms with E-state index in [1.165, 1.54) is 12.1 Å². The van der Waals surface area contributed by atoms with Gasteiger partial charge in [-0.1, -0.05) is 23.7 Å². The molecule has 0 spiro atoms. The van der Waals surface area contributed by atoms with E-state index in [0.717, 1.165) is 0 Å². The van der Waals surface area contributed by atoms with E-state index >= 15 is 0 Å². The van der Waals surface area contributed by atoms with Gasteiger partial charge < -0.3 is 19.5 Å². The first kappa shape index (κ1) is 18.5. The fraction of sp³-hybridized carbons (Fsp3) is 0.167. The zero-order chi connectivity index (χ0) is 19.2. The van der Waals surface area contributed by atoms with Crippen molar-refractivity contribution in [3.63, 3.8) is 0 Å². The minimum Gasteiger partial charge on any atom is -0.486 e. The largest absolute Gasteiger partial charge is 0.486 e. The molecule has 8 nitrogen and oxygen atoms in total. The minimum atomic E-state index is -0.787. The van der Waals surface area contributed by atoms with Crippen molar-refractivity contribution in [2.45, 2.75) is 0 Å². The number of fused-ring (bicyclic) bond motifs is 1. The van der Waals surface area contributed by atoms with Crippen LogP contribution in [0, 0.1) is 0 Å². The van der Waals surface area contributed by atoms with Crippen molar-refractivity contribution in [2.24, 2.45) is 0 Å². The van der Waals surface area contributed by atoms with E-state index in [0.29, 0.717) is 30.4 Å². The van der Waals surface area contributed by atoms with Gasteiger partial charge in [0.15, 0.2) is 18.1 Å². The zero-order valence-electron chi connectivity index (χ0n) is 14.0. The summed E-state index contributed by atoms with van der Waals surface area (Å²) < 4.78 is 15.6. The van der Waals surface area contributed by atoms with Crippen LogP contribution in [0.4, 0.5) is 10.5 Å². The number of imide groups is 1. The number of benzene rings is 2. The van der Waals surface area contributed by atoms with Crippen molar-refractivity contribution in [3.8, 4) is 11.5 Å². The maximum atomic E-state index is 11.9. The summed E-state index contributed by atoms with van der Waals surface area (Å²) >= 11 is 5.87. The van der Waals surface area contributed by atoms with Gasteiger partial charge in [0.2, 0.25) is 0 Å². The molecule has 0 fully saturated rings. The lowest BCUT2D eigenvalue weighted by molar-refractivity contribution is -0.123. The Hall–Kier alpha value is -3.26. The van der Waals surface area contributed by atoms with Gasteiger partial charge in [-0.05, 0) is 24.3 Å². The Morgan fingerprint density at radius 2 is 1.78 bits per heavy atom. The summed E-state index contributed by atoms with van der Waals surface area (Å²) in [7, 11) is 0. The number of halogens is 1. The van der Waals surface area contributed by atoms with Gasteiger partial charge in [0.05, 0.1) is 10.6 Å². The zero-order valence-corrected chi connectivity index (χ0v) is 14.7. The summed E-state index contributed by atoms with van der Waals surface area (Å²) in [5, 5.41) is 4.75. The van der Waals surface area contributed by atoms with Gasteiger partial charge in [-0.15, -0.1) is 0 Å². The maximum absolute atomic E-state index is 11.9. The number of hydrogen-bond donors (Lipinski definition) is 2. The Labute approximate surface area is 159 Å². The SMILES string of the molecule is O=C(COC(=O)c1ccccc1Cl)NC(=O)Nc1ccc2c(c1)OCCO2. The fourth-order valence-corrected chi connectivity index (χ4v) is 2.49. The summed E-state index contributed by atoms with van der Waals surface area (Å²) in [5.41, 5.74) is 0.547. The Balaban J connectivity index is 1.48. The Kier molecular flexibility index (Phi) is 5.77. The molecule has 140 valence electrons. The molecule has 0 unspecified atom stereocenters. The number of hydrogen-bond acceptors (Lipinski definition) is 6. The van der Waals surface area contributed by atoms with Crippen LogP contribution in [0.5, 0.6) is 11.5 Å². The summed E-state index contributed by atoms with van der Waals surface area (Å²) in [5.74, 6) is -0.470. The Morgan fingerprint density at radius 3 is 2.56 bits per heavy atom. The number of ether oxygens (including phenoxy) is 3. The number of urea groups is 1. The molecule has 0 saturated heterocycles. The molecule has 0 bridgehead atoms. The number of carbonyl (C=O) groups excluding carboxylic acids is 3. The highest BCUT2D eigenvalue weighted by Gasteiger charge is 2.16. The van der Waals surface area contributed by atoms with Crippen LogP contribution in [-0.2, 0) is 9.53 Å². The van der Waals surface area contributed by atoms with Crippen molar-refractivity contribution in [1.29, 1.82) is 0 Å². The number of esters is 1. The molecule has 0 saturated carbocycles. The van der Waals surface area contributed by atoms with Crippen molar-refractivity contribution in [3.05, 3.63) is 53.1 Å². The monoisotopic (exact) mass is 390 g/mol. The van der Waals surface area contributed by atoms with E-state index < -0.39 is 24.5 Å². The molecule has 27 heavy (non-hydrogen) atoms. The first-order chi connectivity index (χ1) is 13.0. The van der Waals surface area contributed by atoms with E-state index in [1.54, 1.807) is 30.3 Å². The van der Waals surface area contributed by atoms with Gasteiger partial charge in [-0.2, -0.15) is 0 Å². The lowest BCUT2D eigenvalue weighted by Gasteiger charge is -2.19. The van der Waals surface area contributed by atoms with E-state index in [2.05, 4.69) is 10.6 Å². The highest BCUT2D eigenvalue weighted by molar-refractivity contribution is 6.33. The molecule has 2 aromatic carbocycles. The number of carbonyl (C=O) groups is 3. The third-order valence-electron chi connectivity index (χ3n) is 3.48. The molecule has 2 aromatic rings. The van der Waals surface area contributed by atoms with Gasteiger partial charge in [-0.25, -0.2) is 9.59 Å². The van der Waals surface area contributed by atoms with Crippen molar-refractivity contribution < 1.29 is 28.6 Å². The number of nitrogens with one attached hydrogen (secondary N) is 2. The van der Waals surface area contributed by atoms with Crippen LogP contribution in [-0.4, -0.2) is 37.7 Å². The molecule has 1 heterocycles. The van der Waals surface area contributed by atoms with Crippen molar-refractivity contribution in [2.75, 3.05) is 25.1 Å². The van der Waals surface area contributed by atoms with Gasteiger partial charge >= 0.3 is 12.0 Å². The predicted molar refractivity (Wildman–Crippen MR) is 96.3 cm³/mol. The molecule has 2 N–H and O–H groups in total. The molecular weight excluding hydrogens is 376 g/mol. The van der Waals surface area contributed by atoms with Crippen LogP contribution >= 0.6 is 11.6 Å². The Bertz CT molecular complexity index is 886. The van der Waals surface area contributed by atoms with Crippen molar-refractivity contribution in [1.82, 2.24) is 5.32 Å². The molecule has 1 aliphatic heterocycles. The number of anilines is 1. The smallest absolute Gasteiger partial charge is 0.340 e. The first-order valence-corrected chi connectivity index (χ1v) is 8.33. The average Bonchev–Trinajstić information content (AvgIpc) is 2.66. The van der Waals surface area contributed by atoms with Gasteiger partial charge in [-0.3, -0.25) is 10.1 Å². The molecule has 9 heteroatoms. The number of amides is 3. The quantitative estimate of drug-likeness (QED) is 0.778. The lowest BCUT2D eigenvalue weighted by Crippen LogP contribution is -2.37. The third-order valence-corrected chi connectivity index (χ3v) is 3.81. The van der Waals surface area contributed by atoms with Crippen LogP contribution in [0.3, 0.4) is 0 Å². The minimum absolute atomic E-state index is 0.132. The van der Waals surface area contributed by atoms with E-state index in [9.17, 15) is 14.4 Å². The lowest BCUT2D eigenvalue weighted by atomic mass is 10.2. The highest BCUT2D eigenvalue weighted by Crippen LogP contribution is 2.32. The normalized spacial score (nSPS) is 12.0. The van der Waals surface area contributed by atoms with Crippen molar-refractivity contribution >= 4 is 35.2 Å². The molecule has 3 rings (SSSR count). The summed E-state index contributed by atoms with van der Waals surface area (Å²) in [6.07, 6.45) is 0. The van der Waals surface area contributed by atoms with Gasteiger partial charge in [0.1, 0.15) is 13.2 Å². The van der Waals surface area contributed by atoms with Crippen LogP contribution < -0.4 is 20.1 Å². The Morgan fingerprint density at radius 1 is 1.04 bits per heavy atom. The van der Waals surface area contributed by atoms with E-state index in [1.807, 2.05) is 0 Å². The van der Waals surface area contributed by atoms with E-state index in [4.69, 9.17) is 25.8 Å². The average molecular weight is 391 g/mol. The topological polar surface area (TPSA) is 103 Å². The maximum Gasteiger partial charge on any atom is 0.340 e. The molecule has 0 aliphatic carbocycles. The predicted octanol–water partition coefficient (Wildman–Crippen LogP) is 2.62. The number of rotatable bonds is 4. The first-order valence-electron chi connectivity index (χ1n) is 7.95.